The van der Waals surface area contributed by atoms with Crippen molar-refractivity contribution < 1.29 is 9.53 Å². The molecule has 6 heteroatoms. The van der Waals surface area contributed by atoms with Gasteiger partial charge in [0, 0.05) is 35.8 Å². The molecule has 3 aromatic rings. The molecule has 0 bridgehead atoms. The van der Waals surface area contributed by atoms with Crippen LogP contribution >= 0.6 is 15.9 Å². The monoisotopic (exact) mass is 389 g/mol. The van der Waals surface area contributed by atoms with E-state index < -0.39 is 5.60 Å². The number of halogens is 1. The third-order valence-electron chi connectivity index (χ3n) is 3.65. The first kappa shape index (κ1) is 16.8. The van der Waals surface area contributed by atoms with Gasteiger partial charge in [0.2, 0.25) is 0 Å². The highest BCUT2D eigenvalue weighted by Gasteiger charge is 2.20. The summed E-state index contributed by atoms with van der Waals surface area (Å²) in [5.74, 6) is 0. The first-order valence-corrected chi connectivity index (χ1v) is 8.52. The van der Waals surface area contributed by atoms with Crippen molar-refractivity contribution in [2.45, 2.75) is 32.9 Å². The van der Waals surface area contributed by atoms with Crippen LogP contribution in [0, 0.1) is 0 Å². The average molecular weight is 390 g/mol. The number of ether oxygens (including phenoxy) is 1. The number of hydrogen-bond donors (Lipinski definition) is 0. The molecule has 0 aliphatic heterocycles. The molecule has 1 aromatic carbocycles. The minimum atomic E-state index is -0.510. The normalized spacial score (nSPS) is 11.9. The lowest BCUT2D eigenvalue weighted by Gasteiger charge is -2.25. The summed E-state index contributed by atoms with van der Waals surface area (Å²) < 4.78 is 8.47. The van der Waals surface area contributed by atoms with Gasteiger partial charge in [-0.2, -0.15) is 0 Å². The number of rotatable bonds is 2. The third-order valence-corrected chi connectivity index (χ3v) is 4.14. The van der Waals surface area contributed by atoms with Gasteiger partial charge < -0.3 is 9.64 Å². The van der Waals surface area contributed by atoms with Crippen LogP contribution in [0.5, 0.6) is 0 Å². The Balaban J connectivity index is 2.01. The van der Waals surface area contributed by atoms with Gasteiger partial charge in [-0.05, 0) is 50.6 Å². The predicted molar refractivity (Wildman–Crippen MR) is 98.1 cm³/mol. The summed E-state index contributed by atoms with van der Waals surface area (Å²) in [5.41, 5.74) is 2.43. The summed E-state index contributed by atoms with van der Waals surface area (Å²) in [4.78, 5) is 18.2. The molecule has 126 valence electrons. The van der Waals surface area contributed by atoms with Gasteiger partial charge in [0.1, 0.15) is 11.2 Å². The fourth-order valence-electron chi connectivity index (χ4n) is 2.63. The van der Waals surface area contributed by atoms with E-state index in [1.807, 2.05) is 49.6 Å². The summed E-state index contributed by atoms with van der Waals surface area (Å²) >= 11 is 3.53. The van der Waals surface area contributed by atoms with Gasteiger partial charge in [-0.3, -0.25) is 4.40 Å². The van der Waals surface area contributed by atoms with E-state index in [-0.39, 0.29) is 6.09 Å². The molecule has 24 heavy (non-hydrogen) atoms. The second-order valence-corrected chi connectivity index (χ2v) is 7.74. The molecule has 0 unspecified atom stereocenters. The van der Waals surface area contributed by atoms with Crippen LogP contribution in [0.2, 0.25) is 0 Å². The molecule has 2 aromatic heterocycles. The van der Waals surface area contributed by atoms with Crippen LogP contribution in [0.4, 0.5) is 4.79 Å². The summed E-state index contributed by atoms with van der Waals surface area (Å²) in [6, 6.07) is 8.12. The van der Waals surface area contributed by atoms with E-state index in [9.17, 15) is 4.79 Å². The SMILES string of the molecule is CN(Cc1cc2nccn2c2ccc(Br)cc12)C(=O)OC(C)(C)C. The Morgan fingerprint density at radius 3 is 2.79 bits per heavy atom. The van der Waals surface area contributed by atoms with Gasteiger partial charge >= 0.3 is 6.09 Å². The van der Waals surface area contributed by atoms with Crippen LogP contribution in [0.3, 0.4) is 0 Å². The molecule has 2 heterocycles. The molecule has 0 atom stereocenters. The van der Waals surface area contributed by atoms with Gasteiger partial charge in [0.05, 0.1) is 5.52 Å². The lowest BCUT2D eigenvalue weighted by molar-refractivity contribution is 0.0286. The zero-order chi connectivity index (χ0) is 17.5. The number of carbonyl (C=O) groups excluding carboxylic acids is 1. The molecule has 0 fully saturated rings. The number of carbonyl (C=O) groups is 1. The minimum Gasteiger partial charge on any atom is -0.444 e. The topological polar surface area (TPSA) is 46.8 Å². The van der Waals surface area contributed by atoms with Crippen molar-refractivity contribution in [2.75, 3.05) is 7.05 Å². The fourth-order valence-corrected chi connectivity index (χ4v) is 2.99. The molecular formula is C18H20BrN3O2. The first-order chi connectivity index (χ1) is 11.2. The summed E-state index contributed by atoms with van der Waals surface area (Å²) in [6.45, 7) is 6.04. The maximum Gasteiger partial charge on any atom is 0.410 e. The Hall–Kier alpha value is -2.08. The van der Waals surface area contributed by atoms with Gasteiger partial charge in [-0.1, -0.05) is 15.9 Å². The van der Waals surface area contributed by atoms with Gasteiger partial charge in [0.15, 0.2) is 0 Å². The zero-order valence-electron chi connectivity index (χ0n) is 14.2. The van der Waals surface area contributed by atoms with E-state index in [1.165, 1.54) is 0 Å². The van der Waals surface area contributed by atoms with E-state index in [1.54, 1.807) is 18.1 Å². The number of pyridine rings is 1. The predicted octanol–water partition coefficient (Wildman–Crippen LogP) is 4.62. The maximum atomic E-state index is 12.3. The lowest BCUT2D eigenvalue weighted by Crippen LogP contribution is -2.33. The van der Waals surface area contributed by atoms with Crippen LogP contribution in [-0.2, 0) is 11.3 Å². The van der Waals surface area contributed by atoms with Gasteiger partial charge in [0.25, 0.3) is 0 Å². The van der Waals surface area contributed by atoms with Crippen molar-refractivity contribution in [3.05, 3.63) is 46.7 Å². The zero-order valence-corrected chi connectivity index (χ0v) is 15.8. The number of nitrogens with zero attached hydrogens (tertiary/aromatic N) is 3. The molecule has 0 aliphatic rings. The number of imidazole rings is 1. The molecule has 0 N–H and O–H groups in total. The first-order valence-electron chi connectivity index (χ1n) is 7.73. The van der Waals surface area contributed by atoms with Crippen LogP contribution in [0.25, 0.3) is 16.6 Å². The van der Waals surface area contributed by atoms with E-state index >= 15 is 0 Å². The largest absolute Gasteiger partial charge is 0.444 e. The lowest BCUT2D eigenvalue weighted by atomic mass is 10.1. The molecule has 5 nitrogen and oxygen atoms in total. The number of fused-ring (bicyclic) bond motifs is 3. The van der Waals surface area contributed by atoms with Crippen molar-refractivity contribution in [1.82, 2.24) is 14.3 Å². The molecule has 0 saturated carbocycles. The number of amides is 1. The summed E-state index contributed by atoms with van der Waals surface area (Å²) in [7, 11) is 1.74. The molecule has 0 radical (unpaired) electrons. The Bertz CT molecular complexity index is 912. The minimum absolute atomic E-state index is 0.339. The second-order valence-electron chi connectivity index (χ2n) is 6.82. The quantitative estimate of drug-likeness (QED) is 0.642. The van der Waals surface area contributed by atoms with Crippen molar-refractivity contribution in [2.24, 2.45) is 0 Å². The third kappa shape index (κ3) is 3.38. The highest BCUT2D eigenvalue weighted by Crippen LogP contribution is 2.26. The van der Waals surface area contributed by atoms with Crippen LogP contribution in [0.15, 0.2) is 41.1 Å². The van der Waals surface area contributed by atoms with E-state index in [0.717, 1.165) is 26.6 Å². The van der Waals surface area contributed by atoms with Crippen LogP contribution in [-0.4, -0.2) is 33.0 Å². The number of hydrogen-bond acceptors (Lipinski definition) is 3. The van der Waals surface area contributed by atoms with Crippen molar-refractivity contribution in [3.63, 3.8) is 0 Å². The molecule has 3 rings (SSSR count). The molecule has 0 saturated heterocycles. The Morgan fingerprint density at radius 2 is 2.08 bits per heavy atom. The van der Waals surface area contributed by atoms with Gasteiger partial charge in [-0.15, -0.1) is 0 Å². The summed E-state index contributed by atoms with van der Waals surface area (Å²) in [5, 5.41) is 1.07. The Morgan fingerprint density at radius 1 is 1.33 bits per heavy atom. The highest BCUT2D eigenvalue weighted by atomic mass is 79.9. The fraction of sp³-hybridized carbons (Fsp3) is 0.333. The Kier molecular flexibility index (Phi) is 4.25. The average Bonchev–Trinajstić information content (AvgIpc) is 2.93. The van der Waals surface area contributed by atoms with Crippen molar-refractivity contribution in [3.8, 4) is 0 Å². The molecule has 1 amide bonds. The number of benzene rings is 1. The second kappa shape index (κ2) is 6.09. The van der Waals surface area contributed by atoms with Gasteiger partial charge in [-0.25, -0.2) is 9.78 Å². The molecule has 0 spiro atoms. The standard InChI is InChI=1S/C18H20BrN3O2/c1-18(2,3)24-17(23)21(4)11-12-9-16-20-7-8-22(16)15-6-5-13(19)10-14(12)15/h5-10H,11H2,1-4H3. The molecular weight excluding hydrogens is 370 g/mol. The van der Waals surface area contributed by atoms with Crippen LogP contribution < -0.4 is 0 Å². The summed E-state index contributed by atoms with van der Waals surface area (Å²) in [6.07, 6.45) is 3.37. The van der Waals surface area contributed by atoms with E-state index in [2.05, 4.69) is 27.0 Å². The van der Waals surface area contributed by atoms with E-state index in [0.29, 0.717) is 6.54 Å². The number of aromatic nitrogens is 2. The molecule has 0 aliphatic carbocycles. The smallest absolute Gasteiger partial charge is 0.410 e. The van der Waals surface area contributed by atoms with Crippen LogP contribution in [0.1, 0.15) is 26.3 Å². The Labute approximate surface area is 149 Å². The van der Waals surface area contributed by atoms with Crippen molar-refractivity contribution >= 4 is 38.6 Å². The van der Waals surface area contributed by atoms with Crippen molar-refractivity contribution in [1.29, 1.82) is 0 Å². The highest BCUT2D eigenvalue weighted by molar-refractivity contribution is 9.10. The maximum absolute atomic E-state index is 12.3. The van der Waals surface area contributed by atoms with E-state index in [4.69, 9.17) is 4.74 Å².